The van der Waals surface area contributed by atoms with Crippen LogP contribution in [0.4, 0.5) is 4.39 Å². The summed E-state index contributed by atoms with van der Waals surface area (Å²) in [6.45, 7) is 8.16. The second kappa shape index (κ2) is 6.83. The van der Waals surface area contributed by atoms with Gasteiger partial charge in [0.1, 0.15) is 6.61 Å². The molecule has 0 bridgehead atoms. The standard InChI is InChI=1S/C25H35FO4/c1-6-24-10-9-17(27)12-16(24)7-8-18-19-11-15(2)23(4,21(29)14-30-5)22(19,3)13-20(28)25(18,24)26/h9-10,12,15,18-20,28H,6-8,11,13-14H2,1-5H3. The van der Waals surface area contributed by atoms with Gasteiger partial charge in [-0.25, -0.2) is 4.39 Å². The lowest BCUT2D eigenvalue weighted by Crippen LogP contribution is -2.68. The van der Waals surface area contributed by atoms with E-state index < -0.39 is 28.0 Å². The Kier molecular flexibility index (Phi) is 4.98. The van der Waals surface area contributed by atoms with Crippen molar-refractivity contribution in [3.8, 4) is 0 Å². The second-order valence-corrected chi connectivity index (χ2v) is 10.6. The molecule has 0 aliphatic heterocycles. The Morgan fingerprint density at radius 1 is 1.33 bits per heavy atom. The molecule has 4 nitrogen and oxygen atoms in total. The molecule has 8 atom stereocenters. The number of ketones is 2. The van der Waals surface area contributed by atoms with Crippen molar-refractivity contribution in [2.75, 3.05) is 13.7 Å². The zero-order chi connectivity index (χ0) is 22.1. The van der Waals surface area contributed by atoms with Gasteiger partial charge in [-0.05, 0) is 61.5 Å². The normalized spacial score (nSPS) is 49.8. The third-order valence-electron chi connectivity index (χ3n) is 9.97. The van der Waals surface area contributed by atoms with Crippen LogP contribution in [0.2, 0.25) is 0 Å². The quantitative estimate of drug-likeness (QED) is 0.743. The topological polar surface area (TPSA) is 63.6 Å². The number of alkyl halides is 1. The molecule has 4 aliphatic carbocycles. The van der Waals surface area contributed by atoms with Crippen LogP contribution in [0.15, 0.2) is 23.8 Å². The van der Waals surface area contributed by atoms with E-state index in [0.29, 0.717) is 19.3 Å². The number of Topliss-reactive ketones (excluding diaryl/α,β-unsaturated/α-hetero) is 1. The number of fused-ring (bicyclic) bond motifs is 5. The Labute approximate surface area is 178 Å². The fourth-order valence-corrected chi connectivity index (χ4v) is 8.08. The molecular weight excluding hydrogens is 383 g/mol. The molecule has 0 aromatic rings. The molecule has 0 aromatic carbocycles. The molecule has 4 rings (SSSR count). The Hall–Kier alpha value is -1.33. The summed E-state index contributed by atoms with van der Waals surface area (Å²) >= 11 is 0. The zero-order valence-corrected chi connectivity index (χ0v) is 18.8. The highest BCUT2D eigenvalue weighted by atomic mass is 19.1. The lowest BCUT2D eigenvalue weighted by Gasteiger charge is -2.63. The molecule has 30 heavy (non-hydrogen) atoms. The van der Waals surface area contributed by atoms with Crippen LogP contribution >= 0.6 is 0 Å². The number of allylic oxidation sites excluding steroid dienone is 4. The molecule has 0 heterocycles. The third-order valence-corrected chi connectivity index (χ3v) is 9.97. The van der Waals surface area contributed by atoms with Gasteiger partial charge in [0.2, 0.25) is 0 Å². The molecule has 166 valence electrons. The minimum atomic E-state index is -1.83. The maximum atomic E-state index is 17.3. The fraction of sp³-hybridized carbons (Fsp3) is 0.760. The summed E-state index contributed by atoms with van der Waals surface area (Å²) in [6, 6.07) is 0. The number of aliphatic hydroxyl groups is 1. The maximum Gasteiger partial charge on any atom is 0.178 e. The van der Waals surface area contributed by atoms with Gasteiger partial charge in [-0.1, -0.05) is 39.3 Å². The SMILES string of the molecule is CCC12C=CC(=O)C=C1CCC1C3CC(C)C(C)(C(=O)COC)C3(C)CC(O)C12F. The predicted molar refractivity (Wildman–Crippen MR) is 113 cm³/mol. The minimum Gasteiger partial charge on any atom is -0.390 e. The van der Waals surface area contributed by atoms with Gasteiger partial charge < -0.3 is 9.84 Å². The molecule has 8 unspecified atom stereocenters. The van der Waals surface area contributed by atoms with Gasteiger partial charge in [-0.3, -0.25) is 9.59 Å². The second-order valence-electron chi connectivity index (χ2n) is 10.6. The Morgan fingerprint density at radius 3 is 2.67 bits per heavy atom. The van der Waals surface area contributed by atoms with Crippen LogP contribution in [-0.2, 0) is 14.3 Å². The number of hydrogen-bond acceptors (Lipinski definition) is 4. The first-order valence-electron chi connectivity index (χ1n) is 11.4. The van der Waals surface area contributed by atoms with Crippen LogP contribution < -0.4 is 0 Å². The van der Waals surface area contributed by atoms with Gasteiger partial charge in [-0.2, -0.15) is 0 Å². The summed E-state index contributed by atoms with van der Waals surface area (Å²) in [5, 5.41) is 11.4. The number of carbonyl (C=O) groups is 2. The molecular formula is C25H35FO4. The molecule has 5 heteroatoms. The van der Waals surface area contributed by atoms with Crippen molar-refractivity contribution >= 4 is 11.6 Å². The van der Waals surface area contributed by atoms with Crippen LogP contribution in [0.25, 0.3) is 0 Å². The average molecular weight is 419 g/mol. The van der Waals surface area contributed by atoms with Crippen LogP contribution in [0.1, 0.15) is 59.8 Å². The highest BCUT2D eigenvalue weighted by molar-refractivity contribution is 6.01. The van der Waals surface area contributed by atoms with E-state index >= 15 is 4.39 Å². The first kappa shape index (κ1) is 21.9. The summed E-state index contributed by atoms with van der Waals surface area (Å²) in [5.41, 5.74) is -3.11. The Bertz CT molecular complexity index is 833. The molecule has 1 N–H and O–H groups in total. The van der Waals surface area contributed by atoms with E-state index in [0.717, 1.165) is 12.0 Å². The molecule has 0 spiro atoms. The number of aliphatic hydroxyl groups excluding tert-OH is 1. The van der Waals surface area contributed by atoms with Gasteiger partial charge in [0.05, 0.1) is 6.10 Å². The minimum absolute atomic E-state index is 0.00251. The number of rotatable bonds is 4. The monoisotopic (exact) mass is 418 g/mol. The smallest absolute Gasteiger partial charge is 0.178 e. The van der Waals surface area contributed by atoms with Crippen molar-refractivity contribution in [2.24, 2.45) is 34.0 Å². The van der Waals surface area contributed by atoms with Gasteiger partial charge in [-0.15, -0.1) is 0 Å². The largest absolute Gasteiger partial charge is 0.390 e. The maximum absolute atomic E-state index is 17.3. The third kappa shape index (κ3) is 2.34. The zero-order valence-electron chi connectivity index (χ0n) is 18.8. The summed E-state index contributed by atoms with van der Waals surface area (Å²) in [4.78, 5) is 25.2. The lowest BCUT2D eigenvalue weighted by atomic mass is 9.42. The lowest BCUT2D eigenvalue weighted by molar-refractivity contribution is -0.209. The molecule has 3 fully saturated rings. The number of methoxy groups -OCH3 is 1. The summed E-state index contributed by atoms with van der Waals surface area (Å²) in [5.74, 6) is -0.310. The van der Waals surface area contributed by atoms with Crippen LogP contribution in [0, 0.1) is 34.0 Å². The highest BCUT2D eigenvalue weighted by Gasteiger charge is 2.74. The number of carbonyl (C=O) groups excluding carboxylic acids is 2. The number of hydrogen-bond donors (Lipinski definition) is 1. The number of halogens is 1. The highest BCUT2D eigenvalue weighted by Crippen LogP contribution is 2.73. The molecule has 0 amide bonds. The van der Waals surface area contributed by atoms with E-state index in [-0.39, 0.29) is 42.3 Å². The van der Waals surface area contributed by atoms with E-state index in [1.165, 1.54) is 13.2 Å². The molecule has 0 radical (unpaired) electrons. The molecule has 3 saturated carbocycles. The summed E-state index contributed by atoms with van der Waals surface area (Å²) in [6.07, 6.45) is 6.39. The van der Waals surface area contributed by atoms with Gasteiger partial charge in [0.25, 0.3) is 0 Å². The van der Waals surface area contributed by atoms with Crippen molar-refractivity contribution in [1.82, 2.24) is 0 Å². The average Bonchev–Trinajstić information content (AvgIpc) is 2.90. The molecule has 0 saturated heterocycles. The van der Waals surface area contributed by atoms with E-state index in [9.17, 15) is 14.7 Å². The van der Waals surface area contributed by atoms with Crippen LogP contribution in [0.5, 0.6) is 0 Å². The first-order chi connectivity index (χ1) is 14.0. The van der Waals surface area contributed by atoms with E-state index in [4.69, 9.17) is 4.74 Å². The van der Waals surface area contributed by atoms with Gasteiger partial charge >= 0.3 is 0 Å². The molecule has 4 aliphatic rings. The van der Waals surface area contributed by atoms with E-state index in [1.54, 1.807) is 12.2 Å². The number of ether oxygens (including phenoxy) is 1. The van der Waals surface area contributed by atoms with Crippen molar-refractivity contribution in [2.45, 2.75) is 71.6 Å². The Balaban J connectivity index is 1.83. The summed E-state index contributed by atoms with van der Waals surface area (Å²) in [7, 11) is 1.53. The van der Waals surface area contributed by atoms with E-state index in [2.05, 4.69) is 13.8 Å². The van der Waals surface area contributed by atoms with Crippen LogP contribution in [0.3, 0.4) is 0 Å². The Morgan fingerprint density at radius 2 is 2.03 bits per heavy atom. The fourth-order valence-electron chi connectivity index (χ4n) is 8.08. The van der Waals surface area contributed by atoms with Crippen LogP contribution in [-0.4, -0.2) is 42.2 Å². The van der Waals surface area contributed by atoms with Gasteiger partial charge in [0.15, 0.2) is 17.2 Å². The summed E-state index contributed by atoms with van der Waals surface area (Å²) < 4.78 is 22.5. The van der Waals surface area contributed by atoms with Crippen molar-refractivity contribution in [3.05, 3.63) is 23.8 Å². The van der Waals surface area contributed by atoms with Gasteiger partial charge in [0, 0.05) is 23.9 Å². The van der Waals surface area contributed by atoms with E-state index in [1.807, 2.05) is 13.8 Å². The molecule has 0 aromatic heterocycles. The van der Waals surface area contributed by atoms with Crippen molar-refractivity contribution < 1.29 is 23.8 Å². The predicted octanol–water partition coefficient (Wildman–Crippen LogP) is 4.22. The van der Waals surface area contributed by atoms with Crippen molar-refractivity contribution in [3.63, 3.8) is 0 Å². The first-order valence-corrected chi connectivity index (χ1v) is 11.4. The van der Waals surface area contributed by atoms with Crippen molar-refractivity contribution in [1.29, 1.82) is 0 Å².